The maximum atomic E-state index is 4.48. The molecule has 0 saturated carbocycles. The Morgan fingerprint density at radius 1 is 1.40 bits per heavy atom. The number of nitrogens with one attached hydrogen (secondary N) is 1. The van der Waals surface area contributed by atoms with E-state index in [2.05, 4.69) is 44.9 Å². The molecule has 7 heteroatoms. The maximum absolute atomic E-state index is 4.48. The molecule has 0 spiro atoms. The van der Waals surface area contributed by atoms with Crippen molar-refractivity contribution in [1.82, 2.24) is 30.2 Å². The Kier molecular flexibility index (Phi) is 5.63. The minimum absolute atomic E-state index is 0.782. The number of rotatable bonds is 8. The van der Waals surface area contributed by atoms with Crippen LogP contribution in [0.5, 0.6) is 0 Å². The predicted molar refractivity (Wildman–Crippen MR) is 80.6 cm³/mol. The van der Waals surface area contributed by atoms with Gasteiger partial charge in [-0.1, -0.05) is 12.1 Å². The Morgan fingerprint density at radius 2 is 2.25 bits per heavy atom. The highest BCUT2D eigenvalue weighted by Gasteiger charge is 2.05. The van der Waals surface area contributed by atoms with Gasteiger partial charge in [-0.25, -0.2) is 4.98 Å². The van der Waals surface area contributed by atoms with Crippen molar-refractivity contribution in [3.63, 3.8) is 0 Å². The summed E-state index contributed by atoms with van der Waals surface area (Å²) in [5, 5.41) is 14.8. The Balaban J connectivity index is 1.75. The van der Waals surface area contributed by atoms with Crippen LogP contribution in [-0.4, -0.2) is 45.0 Å². The third-order valence-electron chi connectivity index (χ3n) is 2.95. The topological polar surface area (TPSA) is 58.9 Å². The standard InChI is InChI=1S/C13H22N6S/c1-4-14-7-12-9-19(17-16-12)6-5-18(3)8-13-10-20-11(2)15-13/h9-10,14H,4-8H2,1-3H3. The minimum atomic E-state index is 0.782. The highest BCUT2D eigenvalue weighted by Crippen LogP contribution is 2.09. The fourth-order valence-electron chi connectivity index (χ4n) is 1.89. The van der Waals surface area contributed by atoms with E-state index >= 15 is 0 Å². The van der Waals surface area contributed by atoms with Crippen molar-refractivity contribution in [3.05, 3.63) is 28.0 Å². The summed E-state index contributed by atoms with van der Waals surface area (Å²) < 4.78 is 1.90. The molecule has 2 rings (SSSR count). The average molecular weight is 294 g/mol. The van der Waals surface area contributed by atoms with Gasteiger partial charge in [-0.2, -0.15) is 0 Å². The third kappa shape index (κ3) is 4.66. The van der Waals surface area contributed by atoms with Crippen LogP contribution >= 0.6 is 11.3 Å². The summed E-state index contributed by atoms with van der Waals surface area (Å²) in [6.45, 7) is 8.50. The lowest BCUT2D eigenvalue weighted by Crippen LogP contribution is -2.23. The Hall–Kier alpha value is -1.31. The van der Waals surface area contributed by atoms with E-state index in [1.54, 1.807) is 11.3 Å². The summed E-state index contributed by atoms with van der Waals surface area (Å²) in [4.78, 5) is 6.73. The molecule has 0 bridgehead atoms. The van der Waals surface area contributed by atoms with Crippen LogP contribution in [0.15, 0.2) is 11.6 Å². The molecular formula is C13H22N6S. The smallest absolute Gasteiger partial charge is 0.0964 e. The highest BCUT2D eigenvalue weighted by molar-refractivity contribution is 7.09. The molecule has 0 aliphatic carbocycles. The van der Waals surface area contributed by atoms with Crippen molar-refractivity contribution in [3.8, 4) is 0 Å². The lowest BCUT2D eigenvalue weighted by Gasteiger charge is -2.14. The fourth-order valence-corrected chi connectivity index (χ4v) is 2.50. The Bertz CT molecular complexity index is 520. The average Bonchev–Trinajstić information content (AvgIpc) is 3.03. The van der Waals surface area contributed by atoms with E-state index < -0.39 is 0 Å². The molecule has 0 aromatic carbocycles. The molecule has 2 heterocycles. The molecule has 6 nitrogen and oxygen atoms in total. The summed E-state index contributed by atoms with van der Waals surface area (Å²) in [6, 6.07) is 0. The molecule has 0 amide bonds. The molecule has 0 fully saturated rings. The van der Waals surface area contributed by atoms with Gasteiger partial charge in [0.2, 0.25) is 0 Å². The summed E-state index contributed by atoms with van der Waals surface area (Å²) in [6.07, 6.45) is 2.00. The summed E-state index contributed by atoms with van der Waals surface area (Å²) >= 11 is 1.70. The van der Waals surface area contributed by atoms with E-state index in [0.717, 1.165) is 49.1 Å². The first-order valence-electron chi connectivity index (χ1n) is 6.86. The fraction of sp³-hybridized carbons (Fsp3) is 0.615. The molecule has 2 aromatic rings. The van der Waals surface area contributed by atoms with Gasteiger partial charge in [-0.05, 0) is 20.5 Å². The van der Waals surface area contributed by atoms with Crippen LogP contribution < -0.4 is 5.32 Å². The first-order valence-corrected chi connectivity index (χ1v) is 7.74. The predicted octanol–water partition coefficient (Wildman–Crippen LogP) is 1.28. The quantitative estimate of drug-likeness (QED) is 0.795. The van der Waals surface area contributed by atoms with E-state index in [1.807, 2.05) is 17.8 Å². The van der Waals surface area contributed by atoms with Gasteiger partial charge in [0.1, 0.15) is 0 Å². The van der Waals surface area contributed by atoms with E-state index in [9.17, 15) is 0 Å². The maximum Gasteiger partial charge on any atom is 0.0964 e. The molecule has 0 radical (unpaired) electrons. The molecule has 110 valence electrons. The van der Waals surface area contributed by atoms with Crippen LogP contribution in [0.1, 0.15) is 23.3 Å². The van der Waals surface area contributed by atoms with Crippen LogP contribution in [0.2, 0.25) is 0 Å². The largest absolute Gasteiger partial charge is 0.311 e. The van der Waals surface area contributed by atoms with Gasteiger partial charge in [0.25, 0.3) is 0 Å². The number of hydrogen-bond acceptors (Lipinski definition) is 6. The van der Waals surface area contributed by atoms with E-state index in [1.165, 1.54) is 0 Å². The number of thiazole rings is 1. The lowest BCUT2D eigenvalue weighted by molar-refractivity contribution is 0.301. The zero-order chi connectivity index (χ0) is 14.4. The zero-order valence-electron chi connectivity index (χ0n) is 12.3. The first-order chi connectivity index (χ1) is 9.67. The van der Waals surface area contributed by atoms with Gasteiger partial charge in [-0.3, -0.25) is 9.58 Å². The van der Waals surface area contributed by atoms with Crippen molar-refractivity contribution in [1.29, 1.82) is 0 Å². The van der Waals surface area contributed by atoms with Crippen LogP contribution in [-0.2, 0) is 19.6 Å². The van der Waals surface area contributed by atoms with E-state index in [4.69, 9.17) is 0 Å². The van der Waals surface area contributed by atoms with Crippen LogP contribution in [0.25, 0.3) is 0 Å². The monoisotopic (exact) mass is 294 g/mol. The second-order valence-corrected chi connectivity index (χ2v) is 5.91. The van der Waals surface area contributed by atoms with Crippen LogP contribution in [0, 0.1) is 6.92 Å². The summed E-state index contributed by atoms with van der Waals surface area (Å²) in [5.74, 6) is 0. The van der Waals surface area contributed by atoms with Gasteiger partial charge < -0.3 is 5.32 Å². The normalized spacial score (nSPS) is 11.4. The molecule has 0 atom stereocenters. The Morgan fingerprint density at radius 3 is 2.95 bits per heavy atom. The van der Waals surface area contributed by atoms with E-state index in [0.29, 0.717) is 0 Å². The molecule has 0 saturated heterocycles. The van der Waals surface area contributed by atoms with Crippen molar-refractivity contribution < 1.29 is 0 Å². The van der Waals surface area contributed by atoms with Crippen molar-refractivity contribution >= 4 is 11.3 Å². The number of likely N-dealkylation sites (N-methyl/N-ethyl adjacent to an activating group) is 1. The molecule has 1 N–H and O–H groups in total. The molecule has 0 unspecified atom stereocenters. The summed E-state index contributed by atoms with van der Waals surface area (Å²) in [7, 11) is 2.10. The van der Waals surface area contributed by atoms with Gasteiger partial charge >= 0.3 is 0 Å². The molecule has 20 heavy (non-hydrogen) atoms. The SMILES string of the molecule is CCNCc1cn(CCN(C)Cc2csc(C)n2)nn1. The minimum Gasteiger partial charge on any atom is -0.311 e. The Labute approximate surface area is 123 Å². The zero-order valence-corrected chi connectivity index (χ0v) is 13.2. The molecule has 0 aliphatic rings. The number of aryl methyl sites for hydroxylation is 1. The van der Waals surface area contributed by atoms with Crippen LogP contribution in [0.4, 0.5) is 0 Å². The highest BCUT2D eigenvalue weighted by atomic mass is 32.1. The number of hydrogen-bond donors (Lipinski definition) is 1. The number of nitrogens with zero attached hydrogens (tertiary/aromatic N) is 5. The summed E-state index contributed by atoms with van der Waals surface area (Å²) in [5.41, 5.74) is 2.13. The van der Waals surface area contributed by atoms with Gasteiger partial charge in [0.15, 0.2) is 0 Å². The van der Waals surface area contributed by atoms with Gasteiger partial charge in [-0.15, -0.1) is 16.4 Å². The van der Waals surface area contributed by atoms with Gasteiger partial charge in [0, 0.05) is 31.2 Å². The van der Waals surface area contributed by atoms with Crippen LogP contribution in [0.3, 0.4) is 0 Å². The third-order valence-corrected chi connectivity index (χ3v) is 3.77. The van der Waals surface area contributed by atoms with Gasteiger partial charge in [0.05, 0.1) is 22.9 Å². The van der Waals surface area contributed by atoms with Crippen molar-refractivity contribution in [2.24, 2.45) is 0 Å². The first kappa shape index (κ1) is 15.1. The molecular weight excluding hydrogens is 272 g/mol. The van der Waals surface area contributed by atoms with Crippen molar-refractivity contribution in [2.45, 2.75) is 33.5 Å². The van der Waals surface area contributed by atoms with E-state index in [-0.39, 0.29) is 0 Å². The lowest BCUT2D eigenvalue weighted by atomic mass is 10.4. The molecule has 0 aliphatic heterocycles. The second-order valence-electron chi connectivity index (χ2n) is 4.85. The second kappa shape index (κ2) is 7.47. The number of aromatic nitrogens is 4. The van der Waals surface area contributed by atoms with Crippen molar-refractivity contribution in [2.75, 3.05) is 20.1 Å². The molecule has 2 aromatic heterocycles.